The van der Waals surface area contributed by atoms with Crippen molar-refractivity contribution >= 4 is 11.2 Å². The Bertz CT molecular complexity index is 1350. The fourth-order valence-electron chi connectivity index (χ4n) is 13.4. The summed E-state index contributed by atoms with van der Waals surface area (Å²) in [5, 5.41) is 4.24. The molecule has 1 aromatic heterocycles. The van der Waals surface area contributed by atoms with E-state index < -0.39 is 11.2 Å². The summed E-state index contributed by atoms with van der Waals surface area (Å²) in [6.45, 7) is 13.1. The van der Waals surface area contributed by atoms with Gasteiger partial charge in [0, 0.05) is 44.1 Å². The topological polar surface area (TPSA) is 73.3 Å². The van der Waals surface area contributed by atoms with E-state index in [2.05, 4.69) is 53.1 Å². The fraction of sp³-hybridized carbons (Fsp3) is 0.805. The van der Waals surface area contributed by atoms with Crippen LogP contribution in [0.4, 0.5) is 0 Å². The molecule has 264 valence electrons. The second-order valence-electron chi connectivity index (χ2n) is 17.7. The van der Waals surface area contributed by atoms with Crippen LogP contribution in [0.3, 0.4) is 0 Å². The van der Waals surface area contributed by atoms with Crippen LogP contribution in [0.5, 0.6) is 5.88 Å². The molecule has 5 fully saturated rings. The largest absolute Gasteiger partial charge is 0.616 e. The van der Waals surface area contributed by atoms with Gasteiger partial charge in [-0.1, -0.05) is 50.5 Å². The highest BCUT2D eigenvalue weighted by Crippen LogP contribution is 2.70. The van der Waals surface area contributed by atoms with Gasteiger partial charge in [-0.3, -0.25) is 9.88 Å². The molecule has 1 saturated heterocycles. The molecule has 1 N–H and O–H groups in total. The Hall–Kier alpha value is -1.41. The predicted molar refractivity (Wildman–Crippen MR) is 195 cm³/mol. The van der Waals surface area contributed by atoms with Gasteiger partial charge in [-0.25, -0.2) is 4.98 Å². The van der Waals surface area contributed by atoms with Crippen LogP contribution in [0.25, 0.3) is 0 Å². The average Bonchev–Trinajstić information content (AvgIpc) is 3.53. The van der Waals surface area contributed by atoms with E-state index in [4.69, 9.17) is 4.74 Å². The normalized spacial score (nSPS) is 43.3. The van der Waals surface area contributed by atoms with E-state index in [-0.39, 0.29) is 0 Å². The molecule has 0 bridgehead atoms. The van der Waals surface area contributed by atoms with Crippen molar-refractivity contribution < 1.29 is 9.29 Å². The second kappa shape index (κ2) is 13.6. The third-order valence-corrected chi connectivity index (χ3v) is 17.1. The maximum absolute atomic E-state index is 11.9. The molecule has 0 aromatic carbocycles. The van der Waals surface area contributed by atoms with Crippen molar-refractivity contribution in [2.45, 2.75) is 110 Å². The average molecular weight is 675 g/mol. The van der Waals surface area contributed by atoms with Gasteiger partial charge in [-0.05, 0) is 140 Å². The minimum absolute atomic E-state index is 0.384. The monoisotopic (exact) mass is 674 g/mol. The Morgan fingerprint density at radius 3 is 2.60 bits per heavy atom. The third kappa shape index (κ3) is 6.02. The van der Waals surface area contributed by atoms with Gasteiger partial charge in [0.05, 0.1) is 12.8 Å². The molecule has 7 heteroatoms. The zero-order valence-electron chi connectivity index (χ0n) is 30.1. The summed E-state index contributed by atoms with van der Waals surface area (Å²) in [5.41, 5.74) is 4.65. The molecular weight excluding hydrogens is 613 g/mol. The lowest BCUT2D eigenvalue weighted by Crippen LogP contribution is -2.63. The van der Waals surface area contributed by atoms with Gasteiger partial charge >= 0.3 is 0 Å². The Morgan fingerprint density at radius 2 is 1.81 bits per heavy atom. The van der Waals surface area contributed by atoms with Crippen LogP contribution >= 0.6 is 0 Å². The maximum atomic E-state index is 11.9. The van der Waals surface area contributed by atoms with Gasteiger partial charge in [0.25, 0.3) is 0 Å². The maximum Gasteiger partial charge on any atom is 0.232 e. The lowest BCUT2D eigenvalue weighted by Gasteiger charge is -2.67. The molecule has 2 heterocycles. The molecule has 4 saturated carbocycles. The minimum atomic E-state index is -0.582. The molecule has 6 aliphatic carbocycles. The zero-order valence-corrected chi connectivity index (χ0v) is 31.0. The number of fused-ring (bicyclic) bond motifs is 7. The first kappa shape index (κ1) is 33.7. The van der Waals surface area contributed by atoms with E-state index in [0.717, 1.165) is 80.3 Å². The van der Waals surface area contributed by atoms with Crippen LogP contribution in [-0.2, 0) is 11.2 Å². The van der Waals surface area contributed by atoms with Gasteiger partial charge in [0.2, 0.25) is 5.88 Å². The highest BCUT2D eigenvalue weighted by molar-refractivity contribution is 7.91. The Labute approximate surface area is 293 Å². The highest BCUT2D eigenvalue weighted by atomic mass is 32.2. The lowest BCUT2D eigenvalue weighted by atomic mass is 9.38. The number of ether oxygens (including phenoxy) is 1. The third-order valence-electron chi connectivity index (χ3n) is 15.8. The summed E-state index contributed by atoms with van der Waals surface area (Å²) in [6, 6.07) is 0. The summed E-state index contributed by atoms with van der Waals surface area (Å²) in [6.07, 6.45) is 28.1. The second-order valence-corrected chi connectivity index (χ2v) is 19.4. The van der Waals surface area contributed by atoms with Crippen molar-refractivity contribution in [1.82, 2.24) is 20.2 Å². The molecular formula is C41H62N4O2S. The first-order valence-corrected chi connectivity index (χ1v) is 21.4. The highest BCUT2D eigenvalue weighted by Gasteiger charge is 2.64. The first-order chi connectivity index (χ1) is 23.3. The first-order valence-electron chi connectivity index (χ1n) is 19.9. The molecule has 10 atom stereocenters. The van der Waals surface area contributed by atoms with Crippen molar-refractivity contribution in [3.05, 3.63) is 41.9 Å². The van der Waals surface area contributed by atoms with Gasteiger partial charge < -0.3 is 14.6 Å². The number of hydrogen-bond donors (Lipinski definition) is 1. The molecule has 48 heavy (non-hydrogen) atoms. The predicted octanol–water partition coefficient (Wildman–Crippen LogP) is 7.60. The number of nitrogens with one attached hydrogen (secondary N) is 1. The Morgan fingerprint density at radius 1 is 0.958 bits per heavy atom. The summed E-state index contributed by atoms with van der Waals surface area (Å²) in [7, 11) is 0. The summed E-state index contributed by atoms with van der Waals surface area (Å²) >= 11 is -0.582. The molecule has 8 rings (SSSR count). The fourth-order valence-corrected chi connectivity index (χ4v) is 14.5. The van der Waals surface area contributed by atoms with Crippen LogP contribution < -0.4 is 10.1 Å². The molecule has 10 unspecified atom stereocenters. The smallest absolute Gasteiger partial charge is 0.232 e. The number of hydrogen-bond acceptors (Lipinski definition) is 6. The summed E-state index contributed by atoms with van der Waals surface area (Å²) in [4.78, 5) is 11.0. The van der Waals surface area contributed by atoms with Crippen molar-refractivity contribution in [1.29, 1.82) is 0 Å². The molecule has 1 aromatic rings. The van der Waals surface area contributed by atoms with Crippen LogP contribution in [0.15, 0.2) is 41.9 Å². The number of allylic oxidation sites excluding steroid dienone is 4. The van der Waals surface area contributed by atoms with E-state index in [9.17, 15) is 4.55 Å². The van der Waals surface area contributed by atoms with Crippen LogP contribution in [0.2, 0.25) is 0 Å². The van der Waals surface area contributed by atoms with Crippen LogP contribution in [-0.4, -0.2) is 69.3 Å². The van der Waals surface area contributed by atoms with Crippen LogP contribution in [0, 0.1) is 52.3 Å². The van der Waals surface area contributed by atoms with E-state index in [1.165, 1.54) is 77.0 Å². The van der Waals surface area contributed by atoms with Gasteiger partial charge in [-0.15, -0.1) is 0 Å². The van der Waals surface area contributed by atoms with E-state index in [1.807, 2.05) is 0 Å². The van der Waals surface area contributed by atoms with Crippen molar-refractivity contribution in [3.63, 3.8) is 0 Å². The molecule has 0 radical (unpaired) electrons. The van der Waals surface area contributed by atoms with Gasteiger partial charge in [-0.2, -0.15) is 0 Å². The van der Waals surface area contributed by atoms with E-state index in [1.54, 1.807) is 29.7 Å². The molecule has 7 aliphatic rings. The van der Waals surface area contributed by atoms with Gasteiger partial charge in [0.1, 0.15) is 11.5 Å². The Balaban J connectivity index is 0.917. The van der Waals surface area contributed by atoms with E-state index in [0.29, 0.717) is 34.1 Å². The molecule has 0 spiro atoms. The van der Waals surface area contributed by atoms with Crippen LogP contribution in [0.1, 0.15) is 104 Å². The SMILES string of the molecule is CC1C(C2=CCC(COc3cnccn3)CC2)=CCC2(C)C1CCC1(C)C3CCC4(NCCN5CC[S+]([O-])CC5)CCCC4C3CCC21. The summed E-state index contributed by atoms with van der Waals surface area (Å²) < 4.78 is 17.8. The lowest BCUT2D eigenvalue weighted by molar-refractivity contribution is -0.166. The number of aromatic nitrogens is 2. The molecule has 1 aliphatic heterocycles. The molecule has 6 nitrogen and oxygen atoms in total. The Kier molecular flexibility index (Phi) is 9.57. The van der Waals surface area contributed by atoms with Crippen molar-refractivity contribution in [3.8, 4) is 5.88 Å². The zero-order chi connectivity index (χ0) is 32.9. The summed E-state index contributed by atoms with van der Waals surface area (Å²) in [5.74, 6) is 7.99. The van der Waals surface area contributed by atoms with Gasteiger partial charge in [0.15, 0.2) is 0 Å². The standard InChI is InChI=1S/C41H62N4O2S/c1-29-32(31-8-6-30(7-9-31)28-47-38-27-42-19-20-43-38)12-16-39(2)34(29)13-17-40(3)35-14-18-41(44-21-22-45-23-25-48(46)26-24-45)15-4-5-36(41)33(35)10-11-37(39)40/h8,12,19-20,27,29-30,33-37,44H,4-7,9-11,13-18,21-26,28H2,1-3H3. The van der Waals surface area contributed by atoms with E-state index >= 15 is 0 Å². The molecule has 0 amide bonds. The quantitative estimate of drug-likeness (QED) is 0.287. The van der Waals surface area contributed by atoms with Crippen molar-refractivity contribution in [2.75, 3.05) is 44.3 Å². The number of rotatable bonds is 8. The van der Waals surface area contributed by atoms with Crippen molar-refractivity contribution in [2.24, 2.45) is 52.3 Å². The minimum Gasteiger partial charge on any atom is -0.616 e. The number of nitrogens with zero attached hydrogens (tertiary/aromatic N) is 3.